The van der Waals surface area contributed by atoms with Crippen LogP contribution in [0.4, 0.5) is 14.5 Å². The Bertz CT molecular complexity index is 1930. The topological polar surface area (TPSA) is 55.1 Å². The van der Waals surface area contributed by atoms with Crippen molar-refractivity contribution < 1.29 is 8.78 Å². The second-order valence-corrected chi connectivity index (χ2v) is 10.2. The highest BCUT2D eigenvalue weighted by Gasteiger charge is 2.27. The number of halogens is 2. The van der Waals surface area contributed by atoms with Gasteiger partial charge in [0.15, 0.2) is 5.82 Å². The Balaban J connectivity index is 1.46. The van der Waals surface area contributed by atoms with Gasteiger partial charge < -0.3 is 4.57 Å². The van der Waals surface area contributed by atoms with Crippen molar-refractivity contribution in [1.29, 1.82) is 0 Å². The van der Waals surface area contributed by atoms with Gasteiger partial charge in [-0.2, -0.15) is 5.10 Å². The van der Waals surface area contributed by atoms with Crippen molar-refractivity contribution in [1.82, 2.24) is 14.5 Å². The molecule has 1 saturated carbocycles. The molecular formula is C32H25F2N5. The number of pyridine rings is 3. The van der Waals surface area contributed by atoms with Gasteiger partial charge in [-0.05, 0) is 68.7 Å². The Morgan fingerprint density at radius 1 is 0.821 bits per heavy atom. The van der Waals surface area contributed by atoms with Crippen LogP contribution in [0.5, 0.6) is 0 Å². The summed E-state index contributed by atoms with van der Waals surface area (Å²) in [7, 11) is 0. The standard InChI is InChI=1S/C32H25F2N5/c1-18-15-20(16-19(2)35-18)29-25(33)17-24-28(13-14-39(21-11-12-21)32(24)30(29)34)37-38-31-22-7-3-5-9-26(22)36-27-10-6-4-8-23(27)31/h3-10,13-17,21H,11-12H2,1-2H3,(H,36,38)/b37-28+. The summed E-state index contributed by atoms with van der Waals surface area (Å²) >= 11 is 0. The van der Waals surface area contributed by atoms with Crippen LogP contribution in [0.25, 0.3) is 43.8 Å². The number of benzene rings is 3. The summed E-state index contributed by atoms with van der Waals surface area (Å²) in [6, 6.07) is 22.5. The van der Waals surface area contributed by atoms with Gasteiger partial charge in [0.2, 0.25) is 0 Å². The molecule has 192 valence electrons. The van der Waals surface area contributed by atoms with Crippen LogP contribution >= 0.6 is 0 Å². The molecule has 3 aromatic heterocycles. The summed E-state index contributed by atoms with van der Waals surface area (Å²) in [4.78, 5) is 9.14. The molecule has 3 aromatic carbocycles. The summed E-state index contributed by atoms with van der Waals surface area (Å²) < 4.78 is 34.0. The Labute approximate surface area is 223 Å². The molecule has 3 heterocycles. The van der Waals surface area contributed by atoms with Gasteiger partial charge in [0.05, 0.1) is 33.2 Å². The number of fused-ring (bicyclic) bond motifs is 3. The van der Waals surface area contributed by atoms with Crippen LogP contribution in [0.2, 0.25) is 0 Å². The molecule has 0 unspecified atom stereocenters. The molecule has 7 heteroatoms. The molecule has 0 amide bonds. The average Bonchev–Trinajstić information content (AvgIpc) is 3.76. The van der Waals surface area contributed by atoms with Gasteiger partial charge in [-0.15, -0.1) is 0 Å². The SMILES string of the molecule is Cc1cc(-c2c(F)cc3/c(=N/Nc4c5ccccc5nc5ccccc45)ccn(C4CC4)c3c2F)cc(C)n1. The van der Waals surface area contributed by atoms with Gasteiger partial charge in [0, 0.05) is 39.8 Å². The minimum absolute atomic E-state index is 0.0401. The third kappa shape index (κ3) is 4.02. The second-order valence-electron chi connectivity index (χ2n) is 10.2. The van der Waals surface area contributed by atoms with Gasteiger partial charge in [-0.25, -0.2) is 13.8 Å². The highest BCUT2D eigenvalue weighted by molar-refractivity contribution is 6.07. The van der Waals surface area contributed by atoms with Crippen LogP contribution in [-0.2, 0) is 0 Å². The van der Waals surface area contributed by atoms with Crippen LogP contribution in [0, 0.1) is 25.5 Å². The molecule has 1 aliphatic rings. The van der Waals surface area contributed by atoms with E-state index in [-0.39, 0.29) is 11.6 Å². The molecule has 6 aromatic rings. The molecule has 5 nitrogen and oxygen atoms in total. The summed E-state index contributed by atoms with van der Waals surface area (Å²) in [5.41, 5.74) is 7.91. The van der Waals surface area contributed by atoms with Crippen molar-refractivity contribution in [2.45, 2.75) is 32.7 Å². The molecule has 7 rings (SSSR count). The van der Waals surface area contributed by atoms with Crippen LogP contribution in [0.3, 0.4) is 0 Å². The van der Waals surface area contributed by atoms with Gasteiger partial charge in [0.1, 0.15) is 5.82 Å². The zero-order chi connectivity index (χ0) is 26.7. The van der Waals surface area contributed by atoms with Crippen molar-refractivity contribution in [3.63, 3.8) is 0 Å². The highest BCUT2D eigenvalue weighted by atomic mass is 19.1. The molecule has 0 radical (unpaired) electrons. The van der Waals surface area contributed by atoms with E-state index in [1.54, 1.807) is 12.1 Å². The number of aryl methyl sites for hydroxylation is 2. The first-order valence-corrected chi connectivity index (χ1v) is 13.0. The number of aromatic nitrogens is 3. The van der Waals surface area contributed by atoms with Crippen molar-refractivity contribution in [3.05, 3.63) is 107 Å². The molecule has 0 saturated heterocycles. The van der Waals surface area contributed by atoms with Crippen molar-refractivity contribution in [2.24, 2.45) is 5.10 Å². The second kappa shape index (κ2) is 8.98. The van der Waals surface area contributed by atoms with Crippen LogP contribution in [0.15, 0.2) is 84.1 Å². The molecule has 0 bridgehead atoms. The normalized spacial score (nSPS) is 14.0. The van der Waals surface area contributed by atoms with E-state index in [4.69, 9.17) is 10.1 Å². The van der Waals surface area contributed by atoms with Gasteiger partial charge >= 0.3 is 0 Å². The first kappa shape index (κ1) is 23.5. The molecule has 0 aliphatic heterocycles. The minimum Gasteiger partial charge on any atom is -0.342 e. The van der Waals surface area contributed by atoms with E-state index in [0.29, 0.717) is 33.2 Å². The minimum atomic E-state index is -0.630. The molecular weight excluding hydrogens is 492 g/mol. The number of rotatable bonds is 4. The highest BCUT2D eigenvalue weighted by Crippen LogP contribution is 2.39. The number of anilines is 1. The summed E-state index contributed by atoms with van der Waals surface area (Å²) in [6.07, 6.45) is 3.78. The summed E-state index contributed by atoms with van der Waals surface area (Å²) in [5.74, 6) is -1.21. The first-order chi connectivity index (χ1) is 19.0. The largest absolute Gasteiger partial charge is 0.342 e. The lowest BCUT2D eigenvalue weighted by atomic mass is 10.0. The van der Waals surface area contributed by atoms with E-state index >= 15 is 8.78 Å². The lowest BCUT2D eigenvalue weighted by molar-refractivity contribution is 0.589. The molecule has 1 N–H and O–H groups in total. The Morgan fingerprint density at radius 2 is 1.46 bits per heavy atom. The monoisotopic (exact) mass is 517 g/mol. The Kier molecular flexibility index (Phi) is 5.40. The predicted octanol–water partition coefficient (Wildman–Crippen LogP) is 7.56. The summed E-state index contributed by atoms with van der Waals surface area (Å²) in [6.45, 7) is 3.65. The van der Waals surface area contributed by atoms with Crippen LogP contribution in [-0.4, -0.2) is 14.5 Å². The Morgan fingerprint density at radius 3 is 2.10 bits per heavy atom. The zero-order valence-electron chi connectivity index (χ0n) is 21.5. The number of para-hydroxylation sites is 2. The summed E-state index contributed by atoms with van der Waals surface area (Å²) in [5, 5.41) is 7.40. The number of nitrogens with one attached hydrogen (secondary N) is 1. The molecule has 39 heavy (non-hydrogen) atoms. The third-order valence-electron chi connectivity index (χ3n) is 7.31. The number of hydrogen-bond donors (Lipinski definition) is 1. The van der Waals surface area contributed by atoms with E-state index in [2.05, 4.69) is 10.4 Å². The lowest BCUT2D eigenvalue weighted by Gasteiger charge is -2.16. The van der Waals surface area contributed by atoms with E-state index in [0.717, 1.165) is 40.3 Å². The van der Waals surface area contributed by atoms with Gasteiger partial charge in [-0.3, -0.25) is 10.4 Å². The maximum Gasteiger partial charge on any atom is 0.158 e. The van der Waals surface area contributed by atoms with Crippen molar-refractivity contribution in [3.8, 4) is 11.1 Å². The Hall–Kier alpha value is -4.65. The lowest BCUT2D eigenvalue weighted by Crippen LogP contribution is -2.14. The molecule has 1 fully saturated rings. The van der Waals surface area contributed by atoms with E-state index < -0.39 is 11.6 Å². The smallest absolute Gasteiger partial charge is 0.158 e. The molecule has 0 spiro atoms. The third-order valence-corrected chi connectivity index (χ3v) is 7.31. The molecule has 0 atom stereocenters. The van der Waals surface area contributed by atoms with Gasteiger partial charge in [0.25, 0.3) is 0 Å². The number of nitrogens with zero attached hydrogens (tertiary/aromatic N) is 4. The van der Waals surface area contributed by atoms with Crippen LogP contribution < -0.4 is 10.8 Å². The maximum absolute atomic E-state index is 16.3. The van der Waals surface area contributed by atoms with Crippen molar-refractivity contribution >= 4 is 38.4 Å². The fourth-order valence-corrected chi connectivity index (χ4v) is 5.45. The predicted molar refractivity (Wildman–Crippen MR) is 151 cm³/mol. The fraction of sp³-hybridized carbons (Fsp3) is 0.156. The molecule has 1 aliphatic carbocycles. The zero-order valence-corrected chi connectivity index (χ0v) is 21.5. The average molecular weight is 518 g/mol. The first-order valence-electron chi connectivity index (χ1n) is 13.0. The quantitative estimate of drug-likeness (QED) is 0.194. The van der Waals surface area contributed by atoms with Crippen LogP contribution in [0.1, 0.15) is 30.3 Å². The van der Waals surface area contributed by atoms with Crippen molar-refractivity contribution in [2.75, 3.05) is 5.43 Å². The fourth-order valence-electron chi connectivity index (χ4n) is 5.45. The van der Waals surface area contributed by atoms with Gasteiger partial charge in [-0.1, -0.05) is 36.4 Å². The van der Waals surface area contributed by atoms with E-state index in [1.165, 1.54) is 6.07 Å². The maximum atomic E-state index is 16.3. The number of hydrogen-bond acceptors (Lipinski definition) is 4. The van der Waals surface area contributed by atoms with E-state index in [1.807, 2.05) is 79.2 Å². The van der Waals surface area contributed by atoms with E-state index in [9.17, 15) is 0 Å².